The van der Waals surface area contributed by atoms with Crippen molar-refractivity contribution < 1.29 is 8.78 Å². The van der Waals surface area contributed by atoms with Gasteiger partial charge >= 0.3 is 5.69 Å². The molecule has 0 aliphatic heterocycles. The average Bonchev–Trinajstić information content (AvgIpc) is 3.32. The van der Waals surface area contributed by atoms with Crippen LogP contribution in [0.3, 0.4) is 0 Å². The SMILES string of the molecule is Cn1c(=O)c2nc(C(F)F)[nH]c(=O)c2n(CCCC2CC2)c1=O. The Bertz CT molecular complexity index is 924. The van der Waals surface area contributed by atoms with Crippen LogP contribution in [0.15, 0.2) is 14.4 Å². The number of rotatable bonds is 5. The first-order chi connectivity index (χ1) is 10.9. The molecule has 1 fully saturated rings. The highest BCUT2D eigenvalue weighted by atomic mass is 19.3. The molecule has 0 saturated heterocycles. The lowest BCUT2D eigenvalue weighted by molar-refractivity contribution is 0.140. The molecule has 2 aromatic rings. The van der Waals surface area contributed by atoms with Crippen molar-refractivity contribution in [1.82, 2.24) is 19.1 Å². The molecule has 0 bridgehead atoms. The fraction of sp³-hybridized carbons (Fsp3) is 0.571. The van der Waals surface area contributed by atoms with Crippen LogP contribution in [0.5, 0.6) is 0 Å². The van der Waals surface area contributed by atoms with Crippen LogP contribution in [0.25, 0.3) is 11.0 Å². The lowest BCUT2D eigenvalue weighted by Gasteiger charge is -2.11. The molecule has 0 atom stereocenters. The van der Waals surface area contributed by atoms with Crippen LogP contribution in [-0.4, -0.2) is 19.1 Å². The monoisotopic (exact) mass is 326 g/mol. The molecule has 1 N–H and O–H groups in total. The van der Waals surface area contributed by atoms with Gasteiger partial charge in [0.25, 0.3) is 17.5 Å². The van der Waals surface area contributed by atoms with Crippen molar-refractivity contribution in [2.75, 3.05) is 0 Å². The molecule has 23 heavy (non-hydrogen) atoms. The normalized spacial score (nSPS) is 14.8. The smallest absolute Gasteiger partial charge is 0.304 e. The number of aryl methyl sites for hydroxylation is 1. The topological polar surface area (TPSA) is 89.8 Å². The fourth-order valence-electron chi connectivity index (χ4n) is 2.66. The molecular formula is C14H16F2N4O3. The van der Waals surface area contributed by atoms with E-state index in [1.54, 1.807) is 0 Å². The van der Waals surface area contributed by atoms with Crippen molar-refractivity contribution in [1.29, 1.82) is 0 Å². The number of nitrogens with zero attached hydrogens (tertiary/aromatic N) is 3. The summed E-state index contributed by atoms with van der Waals surface area (Å²) in [7, 11) is 1.24. The first-order valence-corrected chi connectivity index (χ1v) is 7.42. The number of hydrogen-bond acceptors (Lipinski definition) is 4. The van der Waals surface area contributed by atoms with Gasteiger partial charge in [-0.2, -0.15) is 0 Å². The number of alkyl halides is 2. The highest BCUT2D eigenvalue weighted by molar-refractivity contribution is 5.72. The van der Waals surface area contributed by atoms with E-state index in [0.29, 0.717) is 12.3 Å². The standard InChI is InChI=1S/C14H16F2N4O3/c1-19-13(22)8-9(12(21)18-11(17-8)10(15)16)20(14(19)23)6-2-3-7-4-5-7/h7,10H,2-6H2,1H3,(H,17,18,21). The van der Waals surface area contributed by atoms with Gasteiger partial charge in [0.1, 0.15) is 5.52 Å². The Hall–Kier alpha value is -2.32. The Morgan fingerprint density at radius 2 is 2.00 bits per heavy atom. The number of H-pyrrole nitrogens is 1. The highest BCUT2D eigenvalue weighted by Gasteiger charge is 2.22. The Kier molecular flexibility index (Phi) is 3.87. The molecule has 3 rings (SSSR count). The van der Waals surface area contributed by atoms with Crippen molar-refractivity contribution in [3.8, 4) is 0 Å². The Morgan fingerprint density at radius 1 is 1.30 bits per heavy atom. The first-order valence-electron chi connectivity index (χ1n) is 7.42. The lowest BCUT2D eigenvalue weighted by Crippen LogP contribution is -2.41. The summed E-state index contributed by atoms with van der Waals surface area (Å²) in [6.45, 7) is 0.249. The Morgan fingerprint density at radius 3 is 2.61 bits per heavy atom. The minimum Gasteiger partial charge on any atom is -0.304 e. The molecule has 0 unspecified atom stereocenters. The number of aromatic nitrogens is 4. The zero-order valence-electron chi connectivity index (χ0n) is 12.5. The van der Waals surface area contributed by atoms with E-state index >= 15 is 0 Å². The second-order valence-electron chi connectivity index (χ2n) is 5.83. The third-order valence-corrected chi connectivity index (χ3v) is 4.11. The molecule has 0 radical (unpaired) electrons. The van der Waals surface area contributed by atoms with Gasteiger partial charge in [-0.25, -0.2) is 18.6 Å². The predicted molar refractivity (Wildman–Crippen MR) is 78.8 cm³/mol. The molecule has 9 heteroatoms. The van der Waals surface area contributed by atoms with Crippen LogP contribution >= 0.6 is 0 Å². The predicted octanol–water partition coefficient (Wildman–Crippen LogP) is 0.911. The van der Waals surface area contributed by atoms with Gasteiger partial charge in [-0.15, -0.1) is 0 Å². The van der Waals surface area contributed by atoms with Crippen LogP contribution in [0.1, 0.15) is 37.9 Å². The Balaban J connectivity index is 2.19. The van der Waals surface area contributed by atoms with Crippen LogP contribution < -0.4 is 16.8 Å². The molecule has 2 heterocycles. The highest BCUT2D eigenvalue weighted by Crippen LogP contribution is 2.33. The van der Waals surface area contributed by atoms with Gasteiger partial charge < -0.3 is 4.98 Å². The largest absolute Gasteiger partial charge is 0.331 e. The zero-order chi connectivity index (χ0) is 16.7. The summed E-state index contributed by atoms with van der Waals surface area (Å²) in [6, 6.07) is 0. The molecule has 124 valence electrons. The third kappa shape index (κ3) is 2.82. The second kappa shape index (κ2) is 5.71. The third-order valence-electron chi connectivity index (χ3n) is 4.11. The van der Waals surface area contributed by atoms with Gasteiger partial charge in [-0.1, -0.05) is 12.8 Å². The maximum absolute atomic E-state index is 12.8. The lowest BCUT2D eigenvalue weighted by atomic mass is 10.2. The van der Waals surface area contributed by atoms with Gasteiger partial charge in [-0.05, 0) is 18.8 Å². The average molecular weight is 326 g/mol. The summed E-state index contributed by atoms with van der Waals surface area (Å²) in [4.78, 5) is 42.0. The van der Waals surface area contributed by atoms with Gasteiger partial charge in [0.15, 0.2) is 11.3 Å². The number of hydrogen-bond donors (Lipinski definition) is 1. The van der Waals surface area contributed by atoms with Crippen molar-refractivity contribution in [3.63, 3.8) is 0 Å². The van der Waals surface area contributed by atoms with E-state index in [9.17, 15) is 23.2 Å². The van der Waals surface area contributed by atoms with E-state index in [1.807, 2.05) is 4.98 Å². The summed E-state index contributed by atoms with van der Waals surface area (Å²) < 4.78 is 27.5. The maximum Gasteiger partial charge on any atom is 0.331 e. The number of fused-ring (bicyclic) bond motifs is 1. The Labute approximate surface area is 128 Å². The number of halogens is 2. The molecule has 1 aliphatic rings. The van der Waals surface area contributed by atoms with Crippen LogP contribution in [0.4, 0.5) is 8.78 Å². The van der Waals surface area contributed by atoms with Crippen molar-refractivity contribution in [2.45, 2.75) is 38.7 Å². The number of nitrogens with one attached hydrogen (secondary N) is 1. The molecule has 0 aromatic carbocycles. The summed E-state index contributed by atoms with van der Waals surface area (Å²) in [5.74, 6) is -0.214. The van der Waals surface area contributed by atoms with Crippen LogP contribution in [-0.2, 0) is 13.6 Å². The van der Waals surface area contributed by atoms with E-state index in [2.05, 4.69) is 4.98 Å². The molecule has 0 amide bonds. The summed E-state index contributed by atoms with van der Waals surface area (Å²) >= 11 is 0. The van der Waals surface area contributed by atoms with E-state index in [1.165, 1.54) is 19.9 Å². The first kappa shape index (κ1) is 15.6. The van der Waals surface area contributed by atoms with Crippen LogP contribution in [0.2, 0.25) is 0 Å². The summed E-state index contributed by atoms with van der Waals surface area (Å²) in [5, 5.41) is 0. The summed E-state index contributed by atoms with van der Waals surface area (Å²) in [6.07, 6.45) is 0.934. The zero-order valence-corrected chi connectivity index (χ0v) is 12.5. The molecular weight excluding hydrogens is 310 g/mol. The maximum atomic E-state index is 12.8. The molecule has 0 spiro atoms. The van der Waals surface area contributed by atoms with Crippen molar-refractivity contribution in [3.05, 3.63) is 37.0 Å². The van der Waals surface area contributed by atoms with Crippen LogP contribution in [0, 0.1) is 5.92 Å². The minimum atomic E-state index is -3.01. The van der Waals surface area contributed by atoms with Crippen molar-refractivity contribution >= 4 is 11.0 Å². The van der Waals surface area contributed by atoms with E-state index in [0.717, 1.165) is 15.6 Å². The van der Waals surface area contributed by atoms with Gasteiger partial charge in [0.2, 0.25) is 0 Å². The fourth-order valence-corrected chi connectivity index (χ4v) is 2.66. The quantitative estimate of drug-likeness (QED) is 0.884. The minimum absolute atomic E-state index is 0.238. The van der Waals surface area contributed by atoms with Crippen molar-refractivity contribution in [2.24, 2.45) is 13.0 Å². The van der Waals surface area contributed by atoms with Gasteiger partial charge in [-0.3, -0.25) is 18.7 Å². The van der Waals surface area contributed by atoms with Gasteiger partial charge in [0.05, 0.1) is 0 Å². The second-order valence-corrected chi connectivity index (χ2v) is 5.83. The van der Waals surface area contributed by atoms with E-state index in [-0.39, 0.29) is 12.1 Å². The molecule has 1 aliphatic carbocycles. The van der Waals surface area contributed by atoms with E-state index in [4.69, 9.17) is 0 Å². The van der Waals surface area contributed by atoms with Gasteiger partial charge in [0, 0.05) is 13.6 Å². The number of aromatic amines is 1. The molecule has 1 saturated carbocycles. The molecule has 7 nitrogen and oxygen atoms in total. The molecule has 2 aromatic heterocycles. The van der Waals surface area contributed by atoms with E-state index < -0.39 is 34.6 Å². The summed E-state index contributed by atoms with van der Waals surface area (Å²) in [5.41, 5.74) is -3.03.